The average Bonchev–Trinajstić information content (AvgIpc) is 2.14. The summed E-state index contributed by atoms with van der Waals surface area (Å²) < 4.78 is 0. The first kappa shape index (κ1) is 13.0. The van der Waals surface area contributed by atoms with E-state index in [4.69, 9.17) is 0 Å². The van der Waals surface area contributed by atoms with Crippen molar-refractivity contribution in [1.29, 1.82) is 0 Å². The number of piperidine rings is 1. The summed E-state index contributed by atoms with van der Waals surface area (Å²) in [5, 5.41) is 0. The average molecular weight is 211 g/mol. The smallest absolute Gasteiger partial charge is 0.00697 e. The Bertz CT molecular complexity index is 180. The topological polar surface area (TPSA) is 3.24 Å². The molecule has 1 heteroatoms. The van der Waals surface area contributed by atoms with E-state index in [0.29, 0.717) is 5.41 Å². The van der Waals surface area contributed by atoms with Gasteiger partial charge in [-0.15, -0.1) is 0 Å². The number of likely N-dealkylation sites (tertiary alicyclic amines) is 1. The summed E-state index contributed by atoms with van der Waals surface area (Å²) in [6.45, 7) is 14.5. The zero-order valence-corrected chi connectivity index (χ0v) is 11.3. The van der Waals surface area contributed by atoms with E-state index in [1.165, 1.54) is 38.8 Å². The molecule has 15 heavy (non-hydrogen) atoms. The second-order valence-electron chi connectivity index (χ2n) is 6.33. The molecule has 0 aliphatic carbocycles. The van der Waals surface area contributed by atoms with Gasteiger partial charge in [-0.1, -0.05) is 34.1 Å². The van der Waals surface area contributed by atoms with Gasteiger partial charge in [0.05, 0.1) is 0 Å². The predicted molar refractivity (Wildman–Crippen MR) is 68.1 cm³/mol. The Balaban J connectivity index is 2.41. The van der Waals surface area contributed by atoms with Crippen molar-refractivity contribution in [1.82, 2.24) is 4.90 Å². The molecule has 0 N–H and O–H groups in total. The second-order valence-corrected chi connectivity index (χ2v) is 6.33. The van der Waals surface area contributed by atoms with Gasteiger partial charge in [0.15, 0.2) is 0 Å². The van der Waals surface area contributed by atoms with Gasteiger partial charge in [-0.3, -0.25) is 0 Å². The second kappa shape index (κ2) is 5.34. The molecule has 1 heterocycles. The van der Waals surface area contributed by atoms with Crippen LogP contribution in [0.15, 0.2) is 0 Å². The van der Waals surface area contributed by atoms with Crippen molar-refractivity contribution in [2.45, 2.75) is 66.3 Å². The third kappa shape index (κ3) is 3.79. The van der Waals surface area contributed by atoms with E-state index >= 15 is 0 Å². The van der Waals surface area contributed by atoms with Gasteiger partial charge in [0, 0.05) is 6.04 Å². The third-order valence-electron chi connectivity index (χ3n) is 4.04. The molecule has 1 rings (SSSR count). The highest BCUT2D eigenvalue weighted by Gasteiger charge is 2.31. The van der Waals surface area contributed by atoms with Gasteiger partial charge < -0.3 is 4.90 Å². The SMILES string of the molecule is CCCCN1CCC(C(C)(C)C)CC1C. The number of hydrogen-bond acceptors (Lipinski definition) is 1. The Morgan fingerprint density at radius 1 is 1.27 bits per heavy atom. The van der Waals surface area contributed by atoms with Crippen LogP contribution in [0.1, 0.15) is 60.3 Å². The molecular weight excluding hydrogens is 182 g/mol. The van der Waals surface area contributed by atoms with Crippen molar-refractivity contribution < 1.29 is 0 Å². The monoisotopic (exact) mass is 211 g/mol. The standard InChI is InChI=1S/C14H29N/c1-6-7-9-15-10-8-13(11-12(15)2)14(3,4)5/h12-13H,6-11H2,1-5H3. The summed E-state index contributed by atoms with van der Waals surface area (Å²) in [6.07, 6.45) is 5.49. The molecule has 1 nitrogen and oxygen atoms in total. The molecule has 0 radical (unpaired) electrons. The largest absolute Gasteiger partial charge is 0.301 e. The lowest BCUT2D eigenvalue weighted by atomic mass is 9.73. The summed E-state index contributed by atoms with van der Waals surface area (Å²) >= 11 is 0. The Kier molecular flexibility index (Phi) is 4.64. The van der Waals surface area contributed by atoms with Crippen LogP contribution in [0.25, 0.3) is 0 Å². The minimum absolute atomic E-state index is 0.505. The van der Waals surface area contributed by atoms with Crippen molar-refractivity contribution >= 4 is 0 Å². The molecule has 1 aliphatic heterocycles. The molecule has 1 aliphatic rings. The highest BCUT2D eigenvalue weighted by molar-refractivity contribution is 4.84. The van der Waals surface area contributed by atoms with Crippen molar-refractivity contribution in [3.05, 3.63) is 0 Å². The fraction of sp³-hybridized carbons (Fsp3) is 1.00. The number of unbranched alkanes of at least 4 members (excludes halogenated alkanes) is 1. The number of rotatable bonds is 3. The number of hydrogen-bond donors (Lipinski definition) is 0. The highest BCUT2D eigenvalue weighted by atomic mass is 15.2. The van der Waals surface area contributed by atoms with E-state index in [1.54, 1.807) is 0 Å². The lowest BCUT2D eigenvalue weighted by Gasteiger charge is -2.43. The molecule has 1 fully saturated rings. The maximum Gasteiger partial charge on any atom is 0.00697 e. The van der Waals surface area contributed by atoms with Crippen LogP contribution in [-0.4, -0.2) is 24.0 Å². The van der Waals surface area contributed by atoms with Crippen LogP contribution in [0.2, 0.25) is 0 Å². The lowest BCUT2D eigenvalue weighted by molar-refractivity contribution is 0.0690. The van der Waals surface area contributed by atoms with E-state index in [0.717, 1.165) is 12.0 Å². The molecule has 2 atom stereocenters. The zero-order valence-electron chi connectivity index (χ0n) is 11.3. The Labute approximate surface area is 96.2 Å². The van der Waals surface area contributed by atoms with Crippen LogP contribution in [0.3, 0.4) is 0 Å². The Morgan fingerprint density at radius 2 is 1.93 bits per heavy atom. The summed E-state index contributed by atoms with van der Waals surface area (Å²) in [5.41, 5.74) is 0.505. The first-order valence-corrected chi connectivity index (χ1v) is 6.69. The maximum atomic E-state index is 2.69. The summed E-state index contributed by atoms with van der Waals surface area (Å²) in [4.78, 5) is 2.69. The van der Waals surface area contributed by atoms with Gasteiger partial charge in [0.1, 0.15) is 0 Å². The van der Waals surface area contributed by atoms with Crippen molar-refractivity contribution in [3.8, 4) is 0 Å². The third-order valence-corrected chi connectivity index (χ3v) is 4.04. The highest BCUT2D eigenvalue weighted by Crippen LogP contribution is 2.36. The van der Waals surface area contributed by atoms with E-state index in [2.05, 4.69) is 39.5 Å². The van der Waals surface area contributed by atoms with Crippen LogP contribution >= 0.6 is 0 Å². The van der Waals surface area contributed by atoms with Gasteiger partial charge in [-0.2, -0.15) is 0 Å². The van der Waals surface area contributed by atoms with Crippen LogP contribution in [-0.2, 0) is 0 Å². The lowest BCUT2D eigenvalue weighted by Crippen LogP contribution is -2.44. The maximum absolute atomic E-state index is 2.69. The van der Waals surface area contributed by atoms with Gasteiger partial charge in [-0.05, 0) is 50.6 Å². The normalized spacial score (nSPS) is 29.4. The first-order chi connectivity index (χ1) is 6.95. The van der Waals surface area contributed by atoms with Gasteiger partial charge in [0.25, 0.3) is 0 Å². The Hall–Kier alpha value is -0.0400. The Morgan fingerprint density at radius 3 is 2.40 bits per heavy atom. The fourth-order valence-electron chi connectivity index (χ4n) is 2.70. The molecule has 1 saturated heterocycles. The minimum atomic E-state index is 0.505. The van der Waals surface area contributed by atoms with Crippen LogP contribution in [0.4, 0.5) is 0 Å². The summed E-state index contributed by atoms with van der Waals surface area (Å²) in [7, 11) is 0. The molecule has 0 saturated carbocycles. The first-order valence-electron chi connectivity index (χ1n) is 6.69. The van der Waals surface area contributed by atoms with Crippen molar-refractivity contribution in [3.63, 3.8) is 0 Å². The molecular formula is C14H29N. The van der Waals surface area contributed by atoms with Gasteiger partial charge >= 0.3 is 0 Å². The quantitative estimate of drug-likeness (QED) is 0.683. The molecule has 0 spiro atoms. The summed E-state index contributed by atoms with van der Waals surface area (Å²) in [5.74, 6) is 0.922. The van der Waals surface area contributed by atoms with Gasteiger partial charge in [-0.25, -0.2) is 0 Å². The molecule has 90 valence electrons. The molecule has 0 aromatic carbocycles. The van der Waals surface area contributed by atoms with Crippen LogP contribution in [0, 0.1) is 11.3 Å². The van der Waals surface area contributed by atoms with E-state index < -0.39 is 0 Å². The van der Waals surface area contributed by atoms with Crippen molar-refractivity contribution in [2.24, 2.45) is 11.3 Å². The minimum Gasteiger partial charge on any atom is -0.301 e. The summed E-state index contributed by atoms with van der Waals surface area (Å²) in [6, 6.07) is 0.800. The molecule has 0 bridgehead atoms. The van der Waals surface area contributed by atoms with Crippen LogP contribution in [0.5, 0.6) is 0 Å². The zero-order chi connectivity index (χ0) is 11.5. The molecule has 0 aromatic rings. The molecule has 2 unspecified atom stereocenters. The van der Waals surface area contributed by atoms with E-state index in [1.807, 2.05) is 0 Å². The van der Waals surface area contributed by atoms with Gasteiger partial charge in [0.2, 0.25) is 0 Å². The van der Waals surface area contributed by atoms with Crippen molar-refractivity contribution in [2.75, 3.05) is 13.1 Å². The van der Waals surface area contributed by atoms with Crippen LogP contribution < -0.4 is 0 Å². The molecule has 0 aromatic heterocycles. The predicted octanol–water partition coefficient (Wildman–Crippen LogP) is 3.93. The van der Waals surface area contributed by atoms with E-state index in [9.17, 15) is 0 Å². The van der Waals surface area contributed by atoms with E-state index in [-0.39, 0.29) is 0 Å². The number of nitrogens with zero attached hydrogens (tertiary/aromatic N) is 1. The molecule has 0 amide bonds. The fourth-order valence-corrected chi connectivity index (χ4v) is 2.70.